The normalized spacial score (nSPS) is 31.9. The zero-order valence-corrected chi connectivity index (χ0v) is 8.35. The third-order valence-electron chi connectivity index (χ3n) is 2.86. The fraction of sp³-hybridized carbons (Fsp3) is 1.00. The van der Waals surface area contributed by atoms with Gasteiger partial charge < -0.3 is 19.3 Å². The molecule has 2 fully saturated rings. The van der Waals surface area contributed by atoms with Gasteiger partial charge in [0, 0.05) is 18.9 Å². The molecule has 0 saturated carbocycles. The molecule has 2 aliphatic rings. The summed E-state index contributed by atoms with van der Waals surface area (Å²) in [5, 5.41) is 9.89. The van der Waals surface area contributed by atoms with Gasteiger partial charge in [-0.3, -0.25) is 0 Å². The molecule has 0 radical (unpaired) electrons. The molecule has 2 aliphatic heterocycles. The first-order chi connectivity index (χ1) is 6.86. The molecule has 0 amide bonds. The van der Waals surface area contributed by atoms with Gasteiger partial charge in [0.1, 0.15) is 0 Å². The van der Waals surface area contributed by atoms with Crippen molar-refractivity contribution in [1.29, 1.82) is 0 Å². The first-order valence-electron chi connectivity index (χ1n) is 5.35. The SMILES string of the molecule is OC(CC1OCCO1)C1CCCOC1. The van der Waals surface area contributed by atoms with Crippen molar-refractivity contribution < 1.29 is 19.3 Å². The van der Waals surface area contributed by atoms with E-state index < -0.39 is 0 Å². The highest BCUT2D eigenvalue weighted by molar-refractivity contribution is 4.73. The van der Waals surface area contributed by atoms with Gasteiger partial charge in [-0.2, -0.15) is 0 Å². The summed E-state index contributed by atoms with van der Waals surface area (Å²) in [5.74, 6) is 0.261. The number of hydrogen-bond donors (Lipinski definition) is 1. The number of hydrogen-bond acceptors (Lipinski definition) is 4. The predicted octanol–water partition coefficient (Wildman–Crippen LogP) is 0.537. The summed E-state index contributed by atoms with van der Waals surface area (Å²) in [6, 6.07) is 0. The Labute approximate surface area is 84.1 Å². The minimum absolute atomic E-state index is 0.202. The average molecular weight is 202 g/mol. The van der Waals surface area contributed by atoms with Crippen molar-refractivity contribution in [2.45, 2.75) is 31.7 Å². The fourth-order valence-corrected chi connectivity index (χ4v) is 2.00. The van der Waals surface area contributed by atoms with Crippen LogP contribution in [0.2, 0.25) is 0 Å². The Bertz CT molecular complexity index is 162. The number of aliphatic hydroxyl groups excluding tert-OH is 1. The molecular weight excluding hydrogens is 184 g/mol. The van der Waals surface area contributed by atoms with Gasteiger partial charge in [0.25, 0.3) is 0 Å². The number of rotatable bonds is 3. The first-order valence-corrected chi connectivity index (χ1v) is 5.35. The fourth-order valence-electron chi connectivity index (χ4n) is 2.00. The molecule has 4 nitrogen and oxygen atoms in total. The highest BCUT2D eigenvalue weighted by Crippen LogP contribution is 2.22. The van der Waals surface area contributed by atoms with Gasteiger partial charge >= 0.3 is 0 Å². The van der Waals surface area contributed by atoms with E-state index in [1.165, 1.54) is 0 Å². The largest absolute Gasteiger partial charge is 0.393 e. The molecule has 2 unspecified atom stereocenters. The van der Waals surface area contributed by atoms with Crippen LogP contribution in [0.15, 0.2) is 0 Å². The summed E-state index contributed by atoms with van der Waals surface area (Å²) in [4.78, 5) is 0. The quantitative estimate of drug-likeness (QED) is 0.725. The summed E-state index contributed by atoms with van der Waals surface area (Å²) in [7, 11) is 0. The molecule has 0 aliphatic carbocycles. The molecule has 2 rings (SSSR count). The van der Waals surface area contributed by atoms with Crippen LogP contribution in [0.3, 0.4) is 0 Å². The second-order valence-corrected chi connectivity index (χ2v) is 3.95. The Hall–Kier alpha value is -0.160. The van der Waals surface area contributed by atoms with Crippen molar-refractivity contribution in [3.8, 4) is 0 Å². The van der Waals surface area contributed by atoms with Crippen molar-refractivity contribution >= 4 is 0 Å². The Morgan fingerprint density at radius 3 is 2.64 bits per heavy atom. The van der Waals surface area contributed by atoms with Crippen molar-refractivity contribution in [2.24, 2.45) is 5.92 Å². The zero-order chi connectivity index (χ0) is 9.80. The van der Waals surface area contributed by atoms with Gasteiger partial charge in [0.15, 0.2) is 6.29 Å². The lowest BCUT2D eigenvalue weighted by atomic mass is 9.94. The Morgan fingerprint density at radius 1 is 1.21 bits per heavy atom. The Morgan fingerprint density at radius 2 is 2.00 bits per heavy atom. The van der Waals surface area contributed by atoms with E-state index in [1.807, 2.05) is 0 Å². The molecule has 0 aromatic heterocycles. The molecule has 82 valence electrons. The topological polar surface area (TPSA) is 47.9 Å². The van der Waals surface area contributed by atoms with Gasteiger partial charge in [-0.05, 0) is 12.8 Å². The van der Waals surface area contributed by atoms with Gasteiger partial charge in [-0.25, -0.2) is 0 Å². The summed E-state index contributed by atoms with van der Waals surface area (Å²) in [6.45, 7) is 2.81. The lowest BCUT2D eigenvalue weighted by molar-refractivity contribution is -0.0924. The van der Waals surface area contributed by atoms with Crippen molar-refractivity contribution in [2.75, 3.05) is 26.4 Å². The second-order valence-electron chi connectivity index (χ2n) is 3.95. The average Bonchev–Trinajstić information content (AvgIpc) is 2.72. The highest BCUT2D eigenvalue weighted by atomic mass is 16.7. The van der Waals surface area contributed by atoms with Gasteiger partial charge in [0.2, 0.25) is 0 Å². The van der Waals surface area contributed by atoms with Crippen LogP contribution in [0, 0.1) is 5.92 Å². The monoisotopic (exact) mass is 202 g/mol. The molecule has 0 aromatic rings. The van der Waals surface area contributed by atoms with Crippen molar-refractivity contribution in [3.63, 3.8) is 0 Å². The lowest BCUT2D eigenvalue weighted by Crippen LogP contribution is -2.32. The van der Waals surface area contributed by atoms with E-state index in [9.17, 15) is 5.11 Å². The van der Waals surface area contributed by atoms with Gasteiger partial charge in [0.05, 0.1) is 25.9 Å². The third-order valence-corrected chi connectivity index (χ3v) is 2.86. The van der Waals surface area contributed by atoms with Gasteiger partial charge in [-0.15, -0.1) is 0 Å². The minimum atomic E-state index is -0.349. The third kappa shape index (κ3) is 2.67. The van der Waals surface area contributed by atoms with E-state index in [1.54, 1.807) is 0 Å². The van der Waals surface area contributed by atoms with E-state index in [0.29, 0.717) is 26.2 Å². The summed E-state index contributed by atoms with van der Waals surface area (Å²) < 4.78 is 15.9. The standard InChI is InChI=1S/C10H18O4/c11-9(6-10-13-4-5-14-10)8-2-1-3-12-7-8/h8-11H,1-7H2. The maximum absolute atomic E-state index is 9.89. The van der Waals surface area contributed by atoms with Crippen molar-refractivity contribution in [1.82, 2.24) is 0 Å². The molecule has 4 heteroatoms. The molecule has 0 bridgehead atoms. The summed E-state index contributed by atoms with van der Waals surface area (Å²) >= 11 is 0. The molecule has 0 spiro atoms. The maximum atomic E-state index is 9.89. The number of ether oxygens (including phenoxy) is 3. The number of aliphatic hydroxyl groups is 1. The zero-order valence-electron chi connectivity index (χ0n) is 8.35. The van der Waals surface area contributed by atoms with Crippen LogP contribution in [0.1, 0.15) is 19.3 Å². The lowest BCUT2D eigenvalue weighted by Gasteiger charge is -2.27. The molecule has 0 aromatic carbocycles. The van der Waals surface area contributed by atoms with E-state index in [0.717, 1.165) is 19.4 Å². The molecule has 2 saturated heterocycles. The predicted molar refractivity (Wildman–Crippen MR) is 49.9 cm³/mol. The van der Waals surface area contributed by atoms with E-state index in [2.05, 4.69) is 0 Å². The van der Waals surface area contributed by atoms with E-state index >= 15 is 0 Å². The van der Waals surface area contributed by atoms with Crippen LogP contribution in [-0.4, -0.2) is 43.9 Å². The second kappa shape index (κ2) is 5.07. The molecule has 1 N–H and O–H groups in total. The van der Waals surface area contributed by atoms with Crippen LogP contribution >= 0.6 is 0 Å². The maximum Gasteiger partial charge on any atom is 0.160 e. The van der Waals surface area contributed by atoms with Gasteiger partial charge in [-0.1, -0.05) is 0 Å². The molecule has 2 heterocycles. The summed E-state index contributed by atoms with van der Waals surface area (Å²) in [5.41, 5.74) is 0. The smallest absolute Gasteiger partial charge is 0.160 e. The van der Waals surface area contributed by atoms with Crippen LogP contribution in [-0.2, 0) is 14.2 Å². The first kappa shape index (κ1) is 10.4. The van der Waals surface area contributed by atoms with E-state index in [4.69, 9.17) is 14.2 Å². The van der Waals surface area contributed by atoms with E-state index in [-0.39, 0.29) is 18.3 Å². The van der Waals surface area contributed by atoms with Crippen LogP contribution in [0.5, 0.6) is 0 Å². The Balaban J connectivity index is 1.72. The molecule has 2 atom stereocenters. The molecule has 14 heavy (non-hydrogen) atoms. The molecular formula is C10H18O4. The van der Waals surface area contributed by atoms with Crippen LogP contribution in [0.4, 0.5) is 0 Å². The Kier molecular flexibility index (Phi) is 3.75. The van der Waals surface area contributed by atoms with Crippen LogP contribution < -0.4 is 0 Å². The van der Waals surface area contributed by atoms with Crippen LogP contribution in [0.25, 0.3) is 0 Å². The van der Waals surface area contributed by atoms with Crippen molar-refractivity contribution in [3.05, 3.63) is 0 Å². The highest BCUT2D eigenvalue weighted by Gasteiger charge is 2.27. The summed E-state index contributed by atoms with van der Waals surface area (Å²) in [6.07, 6.45) is 2.13. The minimum Gasteiger partial charge on any atom is -0.393 e.